The minimum Gasteiger partial charge on any atom is -0.507 e. The second kappa shape index (κ2) is 8.52. The molecule has 0 atom stereocenters. The summed E-state index contributed by atoms with van der Waals surface area (Å²) in [5, 5.41) is 21.4. The lowest BCUT2D eigenvalue weighted by atomic mass is 10.1. The summed E-state index contributed by atoms with van der Waals surface area (Å²) >= 11 is 0. The average Bonchev–Trinajstić information content (AvgIpc) is 2.73. The summed E-state index contributed by atoms with van der Waals surface area (Å²) < 4.78 is 0. The van der Waals surface area contributed by atoms with Gasteiger partial charge in [-0.3, -0.25) is 9.59 Å². The van der Waals surface area contributed by atoms with Crippen molar-refractivity contribution < 1.29 is 9.90 Å². The first-order valence-corrected chi connectivity index (χ1v) is 8.54. The molecule has 0 spiro atoms. The van der Waals surface area contributed by atoms with E-state index in [1.165, 1.54) is 18.2 Å². The Morgan fingerprint density at radius 2 is 1.86 bits per heavy atom. The first kappa shape index (κ1) is 18.7. The van der Waals surface area contributed by atoms with Crippen molar-refractivity contribution in [3.05, 3.63) is 93.9 Å². The van der Waals surface area contributed by atoms with Crippen molar-refractivity contribution in [1.29, 1.82) is 5.26 Å². The maximum absolute atomic E-state index is 12.2. The monoisotopic (exact) mass is 371 g/mol. The minimum absolute atomic E-state index is 0.0689. The van der Waals surface area contributed by atoms with Gasteiger partial charge in [0.2, 0.25) is 5.56 Å². The summed E-state index contributed by atoms with van der Waals surface area (Å²) in [6.45, 7) is 0.275. The molecule has 3 aromatic rings. The van der Waals surface area contributed by atoms with Crippen LogP contribution in [0.3, 0.4) is 0 Å². The van der Waals surface area contributed by atoms with Gasteiger partial charge in [-0.05, 0) is 47.5 Å². The molecule has 0 aliphatic heterocycles. The number of rotatable bonds is 5. The second-order valence-corrected chi connectivity index (χ2v) is 6.02. The molecule has 6 nitrogen and oxygen atoms in total. The van der Waals surface area contributed by atoms with E-state index in [0.29, 0.717) is 16.7 Å². The van der Waals surface area contributed by atoms with Gasteiger partial charge in [0.1, 0.15) is 5.75 Å². The average molecular weight is 371 g/mol. The molecule has 0 saturated carbocycles. The highest BCUT2D eigenvalue weighted by Gasteiger charge is 2.05. The Balaban J connectivity index is 1.60. The third-order valence-electron chi connectivity index (χ3n) is 4.10. The predicted molar refractivity (Wildman–Crippen MR) is 107 cm³/mol. The Bertz CT molecular complexity index is 1100. The Kier molecular flexibility index (Phi) is 5.68. The largest absolute Gasteiger partial charge is 0.507 e. The maximum Gasteiger partial charge on any atom is 0.251 e. The summed E-state index contributed by atoms with van der Waals surface area (Å²) in [6.07, 6.45) is 4.97. The fourth-order valence-electron chi connectivity index (χ4n) is 2.60. The molecule has 3 rings (SSSR count). The van der Waals surface area contributed by atoms with Crippen LogP contribution < -0.4 is 10.9 Å². The molecule has 0 unspecified atom stereocenters. The number of aromatic hydroxyl groups is 1. The van der Waals surface area contributed by atoms with Crippen molar-refractivity contribution in [3.8, 4) is 22.9 Å². The van der Waals surface area contributed by atoms with Gasteiger partial charge in [0.25, 0.3) is 5.91 Å². The SMILES string of the molecule is N#Cc1ccc(O)c(/C=C/CNC(=O)c2ccc(-c3ccc(=O)[nH]c3)cc2)c1. The van der Waals surface area contributed by atoms with Gasteiger partial charge in [0, 0.05) is 29.9 Å². The third kappa shape index (κ3) is 4.54. The molecule has 138 valence electrons. The number of H-pyrrole nitrogens is 1. The number of nitriles is 1. The van der Waals surface area contributed by atoms with Gasteiger partial charge in [0.05, 0.1) is 11.6 Å². The van der Waals surface area contributed by atoms with Crippen molar-refractivity contribution in [3.63, 3.8) is 0 Å². The van der Waals surface area contributed by atoms with Crippen LogP contribution >= 0.6 is 0 Å². The van der Waals surface area contributed by atoms with Crippen LogP contribution in [-0.4, -0.2) is 22.5 Å². The van der Waals surface area contributed by atoms with Crippen LogP contribution in [0.5, 0.6) is 5.75 Å². The molecule has 1 aromatic heterocycles. The number of phenols is 1. The summed E-state index contributed by atoms with van der Waals surface area (Å²) in [4.78, 5) is 26.0. The van der Waals surface area contributed by atoms with E-state index in [0.717, 1.165) is 11.1 Å². The predicted octanol–water partition coefficient (Wildman–Crippen LogP) is 3.06. The Hall–Kier alpha value is -4.11. The number of pyridine rings is 1. The van der Waals surface area contributed by atoms with Crippen molar-refractivity contribution in [2.24, 2.45) is 0 Å². The number of nitrogens with one attached hydrogen (secondary N) is 2. The zero-order chi connectivity index (χ0) is 19.9. The molecule has 2 aromatic carbocycles. The van der Waals surface area contributed by atoms with E-state index in [1.54, 1.807) is 42.6 Å². The number of carbonyl (C=O) groups excluding carboxylic acids is 1. The molecule has 3 N–H and O–H groups in total. The zero-order valence-corrected chi connectivity index (χ0v) is 14.8. The Morgan fingerprint density at radius 1 is 1.11 bits per heavy atom. The van der Waals surface area contributed by atoms with Gasteiger partial charge >= 0.3 is 0 Å². The normalized spacial score (nSPS) is 10.5. The smallest absolute Gasteiger partial charge is 0.251 e. The van der Waals surface area contributed by atoms with Crippen LogP contribution in [0.4, 0.5) is 0 Å². The number of nitrogens with zero attached hydrogens (tertiary/aromatic N) is 1. The molecule has 6 heteroatoms. The molecule has 1 heterocycles. The van der Waals surface area contributed by atoms with E-state index in [2.05, 4.69) is 10.3 Å². The van der Waals surface area contributed by atoms with Gasteiger partial charge in [-0.1, -0.05) is 24.3 Å². The van der Waals surface area contributed by atoms with Gasteiger partial charge in [0.15, 0.2) is 0 Å². The standard InChI is InChI=1S/C22H17N3O3/c23-13-15-3-9-20(26)18(12-15)2-1-11-24-22(28)17-6-4-16(5-7-17)19-8-10-21(27)25-14-19/h1-10,12,14,26H,11H2,(H,24,28)(H,25,27)/b2-1+. The summed E-state index contributed by atoms with van der Waals surface area (Å²) in [5.41, 5.74) is 3.05. The molecule has 0 radical (unpaired) electrons. The number of hydrogen-bond donors (Lipinski definition) is 3. The van der Waals surface area contributed by atoms with Crippen LogP contribution in [0.2, 0.25) is 0 Å². The molecular formula is C22H17N3O3. The summed E-state index contributed by atoms with van der Waals surface area (Å²) in [6, 6.07) is 16.8. The fourth-order valence-corrected chi connectivity index (χ4v) is 2.60. The van der Waals surface area contributed by atoms with Gasteiger partial charge < -0.3 is 15.4 Å². The quantitative estimate of drug-likeness (QED) is 0.641. The fraction of sp³-hybridized carbons (Fsp3) is 0.0455. The van der Waals surface area contributed by atoms with Gasteiger partial charge in [-0.15, -0.1) is 0 Å². The lowest BCUT2D eigenvalue weighted by Gasteiger charge is -2.05. The number of aromatic nitrogens is 1. The number of hydrogen-bond acceptors (Lipinski definition) is 4. The number of aromatic amines is 1. The molecule has 28 heavy (non-hydrogen) atoms. The molecule has 0 fully saturated rings. The van der Waals surface area contributed by atoms with E-state index >= 15 is 0 Å². The number of phenolic OH excluding ortho intramolecular Hbond substituents is 1. The Labute approximate surface area is 161 Å². The third-order valence-corrected chi connectivity index (χ3v) is 4.10. The topological polar surface area (TPSA) is 106 Å². The van der Waals surface area contributed by atoms with Crippen LogP contribution in [0, 0.1) is 11.3 Å². The highest BCUT2D eigenvalue weighted by Crippen LogP contribution is 2.20. The van der Waals surface area contributed by atoms with E-state index in [1.807, 2.05) is 18.2 Å². The molecule has 0 aliphatic carbocycles. The molecular weight excluding hydrogens is 354 g/mol. The number of benzene rings is 2. The van der Waals surface area contributed by atoms with E-state index < -0.39 is 0 Å². The summed E-state index contributed by atoms with van der Waals surface area (Å²) in [7, 11) is 0. The maximum atomic E-state index is 12.2. The van der Waals surface area contributed by atoms with Crippen LogP contribution in [0.15, 0.2) is 71.7 Å². The molecule has 0 bridgehead atoms. The van der Waals surface area contributed by atoms with Gasteiger partial charge in [-0.25, -0.2) is 0 Å². The minimum atomic E-state index is -0.229. The highest BCUT2D eigenvalue weighted by molar-refractivity contribution is 5.94. The first-order valence-electron chi connectivity index (χ1n) is 8.54. The highest BCUT2D eigenvalue weighted by atomic mass is 16.3. The van der Waals surface area contributed by atoms with E-state index in [-0.39, 0.29) is 23.8 Å². The van der Waals surface area contributed by atoms with Crippen LogP contribution in [0.1, 0.15) is 21.5 Å². The lowest BCUT2D eigenvalue weighted by Crippen LogP contribution is -2.23. The van der Waals surface area contributed by atoms with Crippen molar-refractivity contribution in [1.82, 2.24) is 10.3 Å². The summed E-state index contributed by atoms with van der Waals surface area (Å²) in [5.74, 6) is -0.160. The first-order chi connectivity index (χ1) is 13.6. The zero-order valence-electron chi connectivity index (χ0n) is 14.8. The van der Waals surface area contributed by atoms with Crippen molar-refractivity contribution in [2.45, 2.75) is 0 Å². The van der Waals surface area contributed by atoms with Gasteiger partial charge in [-0.2, -0.15) is 5.26 Å². The van der Waals surface area contributed by atoms with E-state index in [4.69, 9.17) is 5.26 Å². The number of carbonyl (C=O) groups is 1. The van der Waals surface area contributed by atoms with E-state index in [9.17, 15) is 14.7 Å². The second-order valence-electron chi connectivity index (χ2n) is 6.02. The van der Waals surface area contributed by atoms with Crippen molar-refractivity contribution >= 4 is 12.0 Å². The van der Waals surface area contributed by atoms with Crippen LogP contribution in [-0.2, 0) is 0 Å². The lowest BCUT2D eigenvalue weighted by molar-refractivity contribution is 0.0958. The van der Waals surface area contributed by atoms with Crippen LogP contribution in [0.25, 0.3) is 17.2 Å². The molecule has 1 amide bonds. The molecule has 0 aliphatic rings. The number of amides is 1. The molecule has 0 saturated heterocycles. The Morgan fingerprint density at radius 3 is 2.54 bits per heavy atom. The van der Waals surface area contributed by atoms with Crippen molar-refractivity contribution in [2.75, 3.05) is 6.54 Å².